The molecule has 0 radical (unpaired) electrons. The van der Waals surface area contributed by atoms with E-state index in [-0.39, 0.29) is 18.1 Å². The molecule has 1 aromatic heterocycles. The van der Waals surface area contributed by atoms with E-state index in [1.54, 1.807) is 30.6 Å². The number of nitrogens with zero attached hydrogens (tertiary/aromatic N) is 2. The fourth-order valence-electron chi connectivity index (χ4n) is 2.87. The average molecular weight is 438 g/mol. The van der Waals surface area contributed by atoms with Crippen molar-refractivity contribution in [2.45, 2.75) is 6.54 Å². The van der Waals surface area contributed by atoms with Crippen molar-refractivity contribution in [1.29, 1.82) is 0 Å². The number of carbonyl (C=O) groups excluding carboxylic acids is 1. The summed E-state index contributed by atoms with van der Waals surface area (Å²) >= 11 is 0. The molecule has 0 fully saturated rings. The van der Waals surface area contributed by atoms with Gasteiger partial charge in [0.2, 0.25) is 11.7 Å². The highest BCUT2D eigenvalue weighted by atomic mass is 19.1. The van der Waals surface area contributed by atoms with Gasteiger partial charge in [0.05, 0.1) is 27.9 Å². The zero-order valence-electron chi connectivity index (χ0n) is 17.9. The maximum atomic E-state index is 13.6. The number of nitrogens with one attached hydrogen (secondary N) is 2. The van der Waals surface area contributed by atoms with Crippen LogP contribution in [0, 0.1) is 5.82 Å². The zero-order valence-corrected chi connectivity index (χ0v) is 17.9. The predicted octanol–water partition coefficient (Wildman–Crippen LogP) is 3.64. The summed E-state index contributed by atoms with van der Waals surface area (Å²) in [5.41, 5.74) is 1.53. The van der Waals surface area contributed by atoms with Crippen LogP contribution in [0.25, 0.3) is 0 Å². The molecule has 3 aromatic rings. The number of carbonyl (C=O) groups is 1. The van der Waals surface area contributed by atoms with E-state index in [1.807, 2.05) is 6.07 Å². The van der Waals surface area contributed by atoms with Crippen LogP contribution in [0.15, 0.2) is 65.9 Å². The van der Waals surface area contributed by atoms with E-state index >= 15 is 0 Å². The molecule has 2 N–H and O–H groups in total. The molecule has 0 unspecified atom stereocenters. The van der Waals surface area contributed by atoms with E-state index in [1.165, 1.54) is 45.6 Å². The Morgan fingerprint density at radius 3 is 2.38 bits per heavy atom. The Hall–Kier alpha value is -4.14. The molecule has 0 bridgehead atoms. The number of anilines is 1. The van der Waals surface area contributed by atoms with Gasteiger partial charge in [0.25, 0.3) is 5.91 Å². The van der Waals surface area contributed by atoms with Gasteiger partial charge in [-0.15, -0.1) is 0 Å². The maximum absolute atomic E-state index is 13.6. The SMILES string of the molecule is COc1cc(C(=O)NC(=NCc2cccnc2)Nc2cccc(F)c2)cc(OC)c1OC. The van der Waals surface area contributed by atoms with E-state index in [0.717, 1.165) is 5.56 Å². The summed E-state index contributed by atoms with van der Waals surface area (Å²) in [5, 5.41) is 5.66. The van der Waals surface area contributed by atoms with Crippen molar-refractivity contribution in [3.63, 3.8) is 0 Å². The molecule has 166 valence electrons. The van der Waals surface area contributed by atoms with Gasteiger partial charge in [0.15, 0.2) is 11.5 Å². The first kappa shape index (κ1) is 22.5. The number of hydrogen-bond acceptors (Lipinski definition) is 6. The van der Waals surface area contributed by atoms with E-state index in [9.17, 15) is 9.18 Å². The van der Waals surface area contributed by atoms with Crippen molar-refractivity contribution in [1.82, 2.24) is 10.3 Å². The second-order valence-electron chi connectivity index (χ2n) is 6.53. The molecule has 0 aliphatic carbocycles. The fourth-order valence-corrected chi connectivity index (χ4v) is 2.87. The largest absolute Gasteiger partial charge is 0.493 e. The number of methoxy groups -OCH3 is 3. The average Bonchev–Trinajstić information content (AvgIpc) is 2.82. The van der Waals surface area contributed by atoms with Crippen LogP contribution in [0.2, 0.25) is 0 Å². The number of aromatic nitrogens is 1. The number of halogens is 1. The van der Waals surface area contributed by atoms with Crippen LogP contribution < -0.4 is 24.8 Å². The number of benzene rings is 2. The number of rotatable bonds is 7. The lowest BCUT2D eigenvalue weighted by molar-refractivity contribution is 0.0976. The van der Waals surface area contributed by atoms with Gasteiger partial charge < -0.3 is 19.5 Å². The number of pyridine rings is 1. The first-order valence-electron chi connectivity index (χ1n) is 9.61. The highest BCUT2D eigenvalue weighted by Gasteiger charge is 2.18. The van der Waals surface area contributed by atoms with Gasteiger partial charge >= 0.3 is 0 Å². The molecule has 32 heavy (non-hydrogen) atoms. The Morgan fingerprint density at radius 1 is 1.03 bits per heavy atom. The molecule has 0 spiro atoms. The summed E-state index contributed by atoms with van der Waals surface area (Å²) in [4.78, 5) is 21.5. The van der Waals surface area contributed by atoms with E-state index in [2.05, 4.69) is 20.6 Å². The minimum Gasteiger partial charge on any atom is -0.493 e. The molecular weight excluding hydrogens is 415 g/mol. The number of aliphatic imine (C=N–C) groups is 1. The van der Waals surface area contributed by atoms with Crippen LogP contribution in [0.4, 0.5) is 10.1 Å². The van der Waals surface area contributed by atoms with Crippen molar-refractivity contribution >= 4 is 17.6 Å². The first-order valence-corrected chi connectivity index (χ1v) is 9.61. The maximum Gasteiger partial charge on any atom is 0.258 e. The highest BCUT2D eigenvalue weighted by molar-refractivity contribution is 6.10. The third kappa shape index (κ3) is 5.72. The molecule has 0 aliphatic heterocycles. The summed E-state index contributed by atoms with van der Waals surface area (Å²) in [6.45, 7) is 0.251. The Morgan fingerprint density at radius 2 is 1.78 bits per heavy atom. The number of guanidine groups is 1. The Balaban J connectivity index is 1.88. The topological polar surface area (TPSA) is 94.1 Å². The Bertz CT molecular complexity index is 1080. The van der Waals surface area contributed by atoms with Crippen LogP contribution in [0.1, 0.15) is 15.9 Å². The molecule has 8 nitrogen and oxygen atoms in total. The lowest BCUT2D eigenvalue weighted by atomic mass is 10.1. The lowest BCUT2D eigenvalue weighted by Gasteiger charge is -2.15. The summed E-state index contributed by atoms with van der Waals surface area (Å²) in [7, 11) is 4.41. The minimum atomic E-state index is -0.474. The number of ether oxygens (including phenoxy) is 3. The van der Waals surface area contributed by atoms with Crippen molar-refractivity contribution < 1.29 is 23.4 Å². The van der Waals surface area contributed by atoms with Crippen LogP contribution >= 0.6 is 0 Å². The first-order chi connectivity index (χ1) is 15.5. The number of hydrogen-bond donors (Lipinski definition) is 2. The van der Waals surface area contributed by atoms with Gasteiger partial charge in [-0.25, -0.2) is 9.38 Å². The zero-order chi connectivity index (χ0) is 22.9. The van der Waals surface area contributed by atoms with Crippen LogP contribution in [0.3, 0.4) is 0 Å². The van der Waals surface area contributed by atoms with E-state index < -0.39 is 11.7 Å². The Labute approximate surface area is 185 Å². The van der Waals surface area contributed by atoms with Gasteiger partial charge in [-0.3, -0.25) is 15.1 Å². The van der Waals surface area contributed by atoms with Gasteiger partial charge in [-0.05, 0) is 42.0 Å². The summed E-state index contributed by atoms with van der Waals surface area (Å²) < 4.78 is 29.5. The smallest absolute Gasteiger partial charge is 0.258 e. The van der Waals surface area contributed by atoms with Gasteiger partial charge in [0.1, 0.15) is 5.82 Å². The van der Waals surface area contributed by atoms with Crippen LogP contribution in [-0.2, 0) is 6.54 Å². The molecule has 0 atom stereocenters. The third-order valence-electron chi connectivity index (χ3n) is 4.39. The van der Waals surface area contributed by atoms with Crippen molar-refractivity contribution in [2.75, 3.05) is 26.6 Å². The Kier molecular flexibility index (Phi) is 7.58. The normalized spacial score (nSPS) is 10.9. The van der Waals surface area contributed by atoms with E-state index in [4.69, 9.17) is 14.2 Å². The lowest BCUT2D eigenvalue weighted by Crippen LogP contribution is -2.36. The quantitative estimate of drug-likeness (QED) is 0.432. The summed E-state index contributed by atoms with van der Waals surface area (Å²) in [5.74, 6) is 0.289. The third-order valence-corrected chi connectivity index (χ3v) is 4.39. The van der Waals surface area contributed by atoms with Crippen LogP contribution in [0.5, 0.6) is 17.2 Å². The van der Waals surface area contributed by atoms with E-state index in [0.29, 0.717) is 22.9 Å². The second kappa shape index (κ2) is 10.8. The predicted molar refractivity (Wildman–Crippen MR) is 119 cm³/mol. The standard InChI is InChI=1S/C23H23FN4O4/c1-30-19-10-16(11-20(31-2)21(19)32-3)22(29)28-23(26-14-15-6-5-9-25-13-15)27-18-8-4-7-17(24)12-18/h4-13H,14H2,1-3H3,(H2,26,27,28,29). The van der Waals surface area contributed by atoms with Gasteiger partial charge in [0, 0.05) is 23.6 Å². The number of amides is 1. The molecule has 1 amide bonds. The fraction of sp³-hybridized carbons (Fsp3) is 0.174. The van der Waals surface area contributed by atoms with Crippen LogP contribution in [-0.4, -0.2) is 38.2 Å². The van der Waals surface area contributed by atoms with Crippen molar-refractivity contribution in [2.24, 2.45) is 4.99 Å². The van der Waals surface area contributed by atoms with Gasteiger partial charge in [-0.1, -0.05) is 12.1 Å². The molecule has 0 saturated carbocycles. The second-order valence-corrected chi connectivity index (χ2v) is 6.53. The highest BCUT2D eigenvalue weighted by Crippen LogP contribution is 2.38. The monoisotopic (exact) mass is 438 g/mol. The molecule has 0 aliphatic rings. The molecule has 0 saturated heterocycles. The molecule has 3 rings (SSSR count). The molecular formula is C23H23FN4O4. The summed E-state index contributed by atoms with van der Waals surface area (Å²) in [6.07, 6.45) is 3.33. The summed E-state index contributed by atoms with van der Waals surface area (Å²) in [6, 6.07) is 12.5. The van der Waals surface area contributed by atoms with Gasteiger partial charge in [-0.2, -0.15) is 0 Å². The van der Waals surface area contributed by atoms with Crippen molar-refractivity contribution in [3.8, 4) is 17.2 Å². The minimum absolute atomic E-state index is 0.137. The van der Waals surface area contributed by atoms with Crippen molar-refractivity contribution in [3.05, 3.63) is 77.9 Å². The molecule has 2 aromatic carbocycles. The molecule has 9 heteroatoms. The molecule has 1 heterocycles.